The van der Waals surface area contributed by atoms with Crippen molar-refractivity contribution in [3.8, 4) is 39.6 Å². The lowest BCUT2D eigenvalue weighted by Crippen LogP contribution is -1.94. The van der Waals surface area contributed by atoms with Crippen molar-refractivity contribution in [2.24, 2.45) is 5.18 Å². The van der Waals surface area contributed by atoms with Crippen LogP contribution < -0.4 is 0 Å². The zero-order valence-electron chi connectivity index (χ0n) is 18.7. The fourth-order valence-electron chi connectivity index (χ4n) is 4.44. The van der Waals surface area contributed by atoms with Gasteiger partial charge in [-0.1, -0.05) is 72.3 Å². The van der Waals surface area contributed by atoms with Crippen LogP contribution in [0.15, 0.2) is 90.1 Å². The molecule has 0 fully saturated rings. The Labute approximate surface area is 206 Å². The van der Waals surface area contributed by atoms with E-state index in [0.717, 1.165) is 50.0 Å². The van der Waals surface area contributed by atoms with E-state index < -0.39 is 5.91 Å². The average Bonchev–Trinajstić information content (AvgIpc) is 3.27. The molecule has 0 aliphatic heterocycles. The second kappa shape index (κ2) is 9.02. The number of aryl methyl sites for hydroxylation is 1. The average molecular weight is 476 g/mol. The summed E-state index contributed by atoms with van der Waals surface area (Å²) < 4.78 is 0. The Balaban J connectivity index is 1.71. The summed E-state index contributed by atoms with van der Waals surface area (Å²) in [4.78, 5) is 25.8. The number of H-pyrrole nitrogens is 1. The first-order chi connectivity index (χ1) is 17.0. The molecular formula is C29H18ClN3O2. The highest BCUT2D eigenvalue weighted by molar-refractivity contribution is 6.33. The van der Waals surface area contributed by atoms with E-state index in [1.807, 2.05) is 73.7 Å². The third-order valence-electron chi connectivity index (χ3n) is 6.12. The minimum absolute atomic E-state index is 0.145. The minimum atomic E-state index is -0.860. The van der Waals surface area contributed by atoms with Gasteiger partial charge in [0.1, 0.15) is 6.07 Å². The second-order valence-corrected chi connectivity index (χ2v) is 8.61. The molecule has 0 atom stereocenters. The van der Waals surface area contributed by atoms with Crippen LogP contribution in [0, 0.1) is 23.2 Å². The number of benzene rings is 4. The Morgan fingerprint density at radius 1 is 0.914 bits per heavy atom. The predicted octanol–water partition coefficient (Wildman–Crippen LogP) is 7.91. The van der Waals surface area contributed by atoms with Gasteiger partial charge in [0.2, 0.25) is 0 Å². The van der Waals surface area contributed by atoms with Crippen molar-refractivity contribution in [1.29, 1.82) is 5.26 Å². The standard InChI is InChI=1S/C29H18ClN3O2/c1-17-6-4-10-22(24(17)16-31)27-23-9-2-3-11-26(23)32-28(27)19-8-5-7-18(14-19)21-13-12-20(15-25(21)30)29(34)33-35/h2-15,32H,1H3. The van der Waals surface area contributed by atoms with Crippen molar-refractivity contribution < 1.29 is 4.79 Å². The van der Waals surface area contributed by atoms with Crippen LogP contribution in [0.3, 0.4) is 0 Å². The lowest BCUT2D eigenvalue weighted by atomic mass is 9.92. The van der Waals surface area contributed by atoms with Gasteiger partial charge in [-0.15, -0.1) is 4.91 Å². The highest BCUT2D eigenvalue weighted by Gasteiger charge is 2.19. The molecule has 0 unspecified atom stereocenters. The topological polar surface area (TPSA) is 86.1 Å². The van der Waals surface area contributed by atoms with Crippen molar-refractivity contribution in [3.63, 3.8) is 0 Å². The van der Waals surface area contributed by atoms with E-state index >= 15 is 0 Å². The zero-order chi connectivity index (χ0) is 24.5. The molecule has 5 aromatic rings. The number of aromatic amines is 1. The molecule has 0 radical (unpaired) electrons. The van der Waals surface area contributed by atoms with Crippen LogP contribution in [-0.2, 0) is 0 Å². The number of hydrogen-bond donors (Lipinski definition) is 1. The first kappa shape index (κ1) is 22.3. The maximum atomic E-state index is 11.6. The summed E-state index contributed by atoms with van der Waals surface area (Å²) in [6, 6.07) is 28.8. The number of nitroso groups, excluding NO2 is 1. The molecule has 5 rings (SSSR count). The molecule has 6 heteroatoms. The fraction of sp³-hybridized carbons (Fsp3) is 0.0345. The van der Waals surface area contributed by atoms with E-state index in [0.29, 0.717) is 10.6 Å². The summed E-state index contributed by atoms with van der Waals surface area (Å²) in [6.07, 6.45) is 0. The van der Waals surface area contributed by atoms with E-state index in [9.17, 15) is 15.0 Å². The fourth-order valence-corrected chi connectivity index (χ4v) is 4.73. The Kier molecular flexibility index (Phi) is 5.74. The van der Waals surface area contributed by atoms with Crippen molar-refractivity contribution in [3.05, 3.63) is 112 Å². The molecule has 168 valence electrons. The normalized spacial score (nSPS) is 10.8. The summed E-state index contributed by atoms with van der Waals surface area (Å²) in [5, 5.41) is 13.7. The predicted molar refractivity (Wildman–Crippen MR) is 139 cm³/mol. The first-order valence-corrected chi connectivity index (χ1v) is 11.3. The van der Waals surface area contributed by atoms with Gasteiger partial charge in [0.25, 0.3) is 0 Å². The number of carbonyl (C=O) groups is 1. The van der Waals surface area contributed by atoms with Crippen LogP contribution in [0.2, 0.25) is 5.02 Å². The number of amides is 1. The summed E-state index contributed by atoms with van der Waals surface area (Å²) in [7, 11) is 0. The summed E-state index contributed by atoms with van der Waals surface area (Å²) in [5.74, 6) is -0.860. The number of fused-ring (bicyclic) bond motifs is 1. The molecule has 0 saturated heterocycles. The Morgan fingerprint density at radius 2 is 1.69 bits per heavy atom. The number of nitrogens with zero attached hydrogens (tertiary/aromatic N) is 2. The smallest absolute Gasteiger partial charge is 0.316 e. The molecule has 0 saturated carbocycles. The number of halogens is 1. The first-order valence-electron chi connectivity index (χ1n) is 10.9. The molecule has 0 spiro atoms. The molecule has 0 bridgehead atoms. The number of nitriles is 1. The van der Waals surface area contributed by atoms with Gasteiger partial charge in [-0.05, 0) is 47.9 Å². The van der Waals surface area contributed by atoms with E-state index in [1.54, 1.807) is 6.07 Å². The number of hydrogen-bond acceptors (Lipinski definition) is 3. The van der Waals surface area contributed by atoms with Crippen molar-refractivity contribution >= 4 is 28.4 Å². The van der Waals surface area contributed by atoms with Crippen molar-refractivity contribution in [2.75, 3.05) is 0 Å². The third kappa shape index (κ3) is 3.90. The van der Waals surface area contributed by atoms with Gasteiger partial charge in [0.05, 0.1) is 11.3 Å². The monoisotopic (exact) mass is 475 g/mol. The summed E-state index contributed by atoms with van der Waals surface area (Å²) in [6.45, 7) is 1.94. The quantitative estimate of drug-likeness (QED) is 0.268. The molecule has 0 aliphatic rings. The molecule has 0 aliphatic carbocycles. The van der Waals surface area contributed by atoms with Crippen LogP contribution in [0.4, 0.5) is 0 Å². The van der Waals surface area contributed by atoms with E-state index in [1.165, 1.54) is 12.1 Å². The Hall–Kier alpha value is -4.53. The minimum Gasteiger partial charge on any atom is -0.354 e. The van der Waals surface area contributed by atoms with Crippen molar-refractivity contribution in [1.82, 2.24) is 4.98 Å². The van der Waals surface area contributed by atoms with Crippen LogP contribution in [0.25, 0.3) is 44.4 Å². The van der Waals surface area contributed by atoms with Gasteiger partial charge in [-0.2, -0.15) is 5.26 Å². The zero-order valence-corrected chi connectivity index (χ0v) is 19.4. The van der Waals surface area contributed by atoms with Gasteiger partial charge in [-0.25, -0.2) is 0 Å². The highest BCUT2D eigenvalue weighted by Crippen LogP contribution is 2.41. The molecule has 4 aromatic carbocycles. The van der Waals surface area contributed by atoms with Crippen molar-refractivity contribution in [2.45, 2.75) is 6.92 Å². The molecule has 35 heavy (non-hydrogen) atoms. The van der Waals surface area contributed by atoms with Gasteiger partial charge in [0, 0.05) is 43.4 Å². The van der Waals surface area contributed by atoms with Crippen LogP contribution in [-0.4, -0.2) is 10.9 Å². The summed E-state index contributed by atoms with van der Waals surface area (Å²) in [5.41, 5.74) is 7.88. The van der Waals surface area contributed by atoms with E-state index in [2.05, 4.69) is 16.2 Å². The van der Waals surface area contributed by atoms with Gasteiger partial charge in [-0.3, -0.25) is 4.79 Å². The van der Waals surface area contributed by atoms with Crippen LogP contribution in [0.5, 0.6) is 0 Å². The molecule has 5 nitrogen and oxygen atoms in total. The van der Waals surface area contributed by atoms with E-state index in [-0.39, 0.29) is 5.56 Å². The SMILES string of the molecule is Cc1cccc(-c2c(-c3cccc(-c4ccc(C(=O)N=O)cc4Cl)c3)[nH]c3ccccc23)c1C#N. The van der Waals surface area contributed by atoms with Gasteiger partial charge >= 0.3 is 5.91 Å². The number of aromatic nitrogens is 1. The third-order valence-corrected chi connectivity index (χ3v) is 6.43. The lowest BCUT2D eigenvalue weighted by molar-refractivity contribution is 0.100. The summed E-state index contributed by atoms with van der Waals surface area (Å²) >= 11 is 6.47. The number of nitrogens with one attached hydrogen (secondary N) is 1. The number of rotatable bonds is 4. The number of para-hydroxylation sites is 1. The molecule has 1 N–H and O–H groups in total. The second-order valence-electron chi connectivity index (χ2n) is 8.20. The van der Waals surface area contributed by atoms with Crippen LogP contribution in [0.1, 0.15) is 21.5 Å². The Bertz CT molecular complexity index is 1680. The van der Waals surface area contributed by atoms with Crippen LogP contribution >= 0.6 is 11.6 Å². The molecule has 1 heterocycles. The molecule has 1 aromatic heterocycles. The van der Waals surface area contributed by atoms with Gasteiger partial charge < -0.3 is 4.98 Å². The maximum Gasteiger partial charge on any atom is 0.316 e. The van der Waals surface area contributed by atoms with E-state index in [4.69, 9.17) is 11.6 Å². The maximum absolute atomic E-state index is 11.6. The highest BCUT2D eigenvalue weighted by atomic mass is 35.5. The number of carbonyl (C=O) groups excluding carboxylic acids is 1. The Morgan fingerprint density at radius 3 is 2.46 bits per heavy atom. The largest absolute Gasteiger partial charge is 0.354 e. The molecular weight excluding hydrogens is 458 g/mol. The van der Waals surface area contributed by atoms with Gasteiger partial charge in [0.15, 0.2) is 0 Å². The molecule has 1 amide bonds. The lowest BCUT2D eigenvalue weighted by Gasteiger charge is -2.11.